The molecule has 2 amide bonds. The van der Waals surface area contributed by atoms with Crippen molar-refractivity contribution in [3.8, 4) is 11.5 Å². The third-order valence-corrected chi connectivity index (χ3v) is 4.26. The van der Waals surface area contributed by atoms with Crippen LogP contribution in [0.1, 0.15) is 13.3 Å². The third-order valence-electron chi connectivity index (χ3n) is 4.26. The van der Waals surface area contributed by atoms with Gasteiger partial charge in [-0.25, -0.2) is 4.79 Å². The standard InChI is InChI=1S/C19H22N2O3/c1-14(22)15-10-11-21(13-15)19(23)20-16-6-5-9-18(12-16)24-17-7-3-2-4-8-17/h2-9,12,14-15,22H,10-11,13H2,1H3,(H,20,23)/t14-,15+/m1/s1. The lowest BCUT2D eigenvalue weighted by Gasteiger charge is -2.18. The van der Waals surface area contributed by atoms with Crippen molar-refractivity contribution in [1.29, 1.82) is 0 Å². The summed E-state index contributed by atoms with van der Waals surface area (Å²) in [5, 5.41) is 12.5. The molecule has 1 aliphatic heterocycles. The van der Waals surface area contributed by atoms with Gasteiger partial charge in [0.25, 0.3) is 0 Å². The monoisotopic (exact) mass is 326 g/mol. The maximum atomic E-state index is 12.3. The predicted octanol–water partition coefficient (Wildman–Crippen LogP) is 3.71. The summed E-state index contributed by atoms with van der Waals surface area (Å²) >= 11 is 0. The largest absolute Gasteiger partial charge is 0.457 e. The number of aliphatic hydroxyl groups is 1. The fourth-order valence-electron chi connectivity index (χ4n) is 2.83. The van der Waals surface area contributed by atoms with E-state index < -0.39 is 0 Å². The van der Waals surface area contributed by atoms with Gasteiger partial charge in [0.15, 0.2) is 0 Å². The Hall–Kier alpha value is -2.53. The van der Waals surface area contributed by atoms with Crippen molar-refractivity contribution < 1.29 is 14.6 Å². The molecule has 0 aromatic heterocycles. The first-order valence-corrected chi connectivity index (χ1v) is 8.19. The summed E-state index contributed by atoms with van der Waals surface area (Å²) in [6, 6.07) is 16.7. The quantitative estimate of drug-likeness (QED) is 0.900. The second kappa shape index (κ2) is 7.36. The number of carbonyl (C=O) groups excluding carboxylic acids is 1. The fraction of sp³-hybridized carbons (Fsp3) is 0.316. The number of likely N-dealkylation sites (tertiary alicyclic amines) is 1. The van der Waals surface area contributed by atoms with E-state index in [1.807, 2.05) is 48.5 Å². The summed E-state index contributed by atoms with van der Waals surface area (Å²) in [6.07, 6.45) is 0.452. The Kier molecular flexibility index (Phi) is 5.01. The number of hydrogen-bond acceptors (Lipinski definition) is 3. The number of urea groups is 1. The highest BCUT2D eigenvalue weighted by atomic mass is 16.5. The summed E-state index contributed by atoms with van der Waals surface area (Å²) in [4.78, 5) is 14.1. The summed E-state index contributed by atoms with van der Waals surface area (Å²) in [7, 11) is 0. The van der Waals surface area contributed by atoms with E-state index in [-0.39, 0.29) is 18.1 Å². The Morgan fingerprint density at radius 2 is 1.96 bits per heavy atom. The highest BCUT2D eigenvalue weighted by molar-refractivity contribution is 5.89. The molecule has 1 aliphatic rings. The SMILES string of the molecule is C[C@@H](O)[C@H]1CCN(C(=O)Nc2cccc(Oc3ccccc3)c2)C1. The summed E-state index contributed by atoms with van der Waals surface area (Å²) in [5.74, 6) is 1.58. The number of nitrogens with one attached hydrogen (secondary N) is 1. The highest BCUT2D eigenvalue weighted by Crippen LogP contribution is 2.25. The molecule has 0 unspecified atom stereocenters. The van der Waals surface area contributed by atoms with Crippen molar-refractivity contribution in [2.75, 3.05) is 18.4 Å². The van der Waals surface area contributed by atoms with Gasteiger partial charge in [-0.2, -0.15) is 0 Å². The Balaban J connectivity index is 1.61. The molecule has 0 bridgehead atoms. The number of para-hydroxylation sites is 1. The molecular weight excluding hydrogens is 304 g/mol. The van der Waals surface area contributed by atoms with Crippen molar-refractivity contribution in [2.24, 2.45) is 5.92 Å². The number of ether oxygens (including phenoxy) is 1. The van der Waals surface area contributed by atoms with Gasteiger partial charge in [0.1, 0.15) is 11.5 Å². The second-order valence-electron chi connectivity index (χ2n) is 6.11. The number of anilines is 1. The van der Waals surface area contributed by atoms with E-state index in [0.29, 0.717) is 24.5 Å². The van der Waals surface area contributed by atoms with Crippen molar-refractivity contribution in [3.05, 3.63) is 54.6 Å². The minimum Gasteiger partial charge on any atom is -0.457 e. The van der Waals surface area contributed by atoms with E-state index >= 15 is 0 Å². The van der Waals surface area contributed by atoms with Crippen LogP contribution in [0.2, 0.25) is 0 Å². The normalized spacial score (nSPS) is 18.2. The summed E-state index contributed by atoms with van der Waals surface area (Å²) in [5.41, 5.74) is 0.689. The maximum absolute atomic E-state index is 12.3. The van der Waals surface area contributed by atoms with Gasteiger partial charge in [0.05, 0.1) is 6.10 Å². The molecule has 2 aromatic rings. The zero-order valence-corrected chi connectivity index (χ0v) is 13.7. The smallest absolute Gasteiger partial charge is 0.321 e. The Bertz CT molecular complexity index is 688. The molecular formula is C19H22N2O3. The molecule has 2 atom stereocenters. The predicted molar refractivity (Wildman–Crippen MR) is 93.3 cm³/mol. The van der Waals surface area contributed by atoms with E-state index in [1.54, 1.807) is 17.9 Å². The second-order valence-corrected chi connectivity index (χ2v) is 6.11. The van der Waals surface area contributed by atoms with Crippen molar-refractivity contribution in [1.82, 2.24) is 4.90 Å². The molecule has 2 aromatic carbocycles. The molecule has 1 heterocycles. The van der Waals surface area contributed by atoms with Crippen molar-refractivity contribution in [3.63, 3.8) is 0 Å². The molecule has 5 heteroatoms. The van der Waals surface area contributed by atoms with E-state index in [1.165, 1.54) is 0 Å². The van der Waals surface area contributed by atoms with Crippen molar-refractivity contribution in [2.45, 2.75) is 19.4 Å². The van der Waals surface area contributed by atoms with E-state index in [0.717, 1.165) is 12.2 Å². The first kappa shape index (κ1) is 16.3. The molecule has 1 saturated heterocycles. The molecule has 126 valence electrons. The zero-order chi connectivity index (χ0) is 16.9. The first-order chi connectivity index (χ1) is 11.6. The lowest BCUT2D eigenvalue weighted by molar-refractivity contribution is 0.130. The van der Waals surface area contributed by atoms with Gasteiger partial charge < -0.3 is 20.1 Å². The lowest BCUT2D eigenvalue weighted by Crippen LogP contribution is -2.34. The number of hydrogen-bond donors (Lipinski definition) is 2. The number of amides is 2. The fourth-order valence-corrected chi connectivity index (χ4v) is 2.83. The van der Waals surface area contributed by atoms with Gasteiger partial charge in [-0.3, -0.25) is 0 Å². The number of benzene rings is 2. The summed E-state index contributed by atoms with van der Waals surface area (Å²) in [6.45, 7) is 3.03. The van der Waals surface area contributed by atoms with Crippen LogP contribution in [0.4, 0.5) is 10.5 Å². The van der Waals surface area contributed by atoms with E-state index in [4.69, 9.17) is 4.74 Å². The molecule has 24 heavy (non-hydrogen) atoms. The van der Waals surface area contributed by atoms with Gasteiger partial charge in [0, 0.05) is 30.8 Å². The van der Waals surface area contributed by atoms with Gasteiger partial charge in [0.2, 0.25) is 0 Å². The minimum atomic E-state index is -0.384. The summed E-state index contributed by atoms with van der Waals surface area (Å²) < 4.78 is 5.78. The molecule has 5 nitrogen and oxygen atoms in total. The molecule has 0 spiro atoms. The molecule has 0 saturated carbocycles. The number of nitrogens with zero attached hydrogens (tertiary/aromatic N) is 1. The van der Waals surface area contributed by atoms with Crippen molar-refractivity contribution >= 4 is 11.7 Å². The number of aliphatic hydroxyl groups excluding tert-OH is 1. The Labute approximate surface area is 141 Å². The molecule has 2 N–H and O–H groups in total. The number of rotatable bonds is 4. The van der Waals surface area contributed by atoms with Crippen LogP contribution in [0.15, 0.2) is 54.6 Å². The Morgan fingerprint density at radius 1 is 1.21 bits per heavy atom. The number of carbonyl (C=O) groups is 1. The maximum Gasteiger partial charge on any atom is 0.321 e. The molecule has 0 aliphatic carbocycles. The molecule has 1 fully saturated rings. The van der Waals surface area contributed by atoms with Crippen LogP contribution < -0.4 is 10.1 Å². The topological polar surface area (TPSA) is 61.8 Å². The molecule has 0 radical (unpaired) electrons. The van der Waals surface area contributed by atoms with Gasteiger partial charge in [-0.05, 0) is 37.6 Å². The average Bonchev–Trinajstić information content (AvgIpc) is 3.06. The van der Waals surface area contributed by atoms with Gasteiger partial charge in [-0.1, -0.05) is 24.3 Å². The van der Waals surface area contributed by atoms with Crippen LogP contribution in [0, 0.1) is 5.92 Å². The average molecular weight is 326 g/mol. The first-order valence-electron chi connectivity index (χ1n) is 8.19. The minimum absolute atomic E-state index is 0.144. The third kappa shape index (κ3) is 4.06. The van der Waals surface area contributed by atoms with Gasteiger partial charge >= 0.3 is 6.03 Å². The lowest BCUT2D eigenvalue weighted by atomic mass is 10.0. The van der Waals surface area contributed by atoms with Crippen LogP contribution in [-0.4, -0.2) is 35.2 Å². The van der Waals surface area contributed by atoms with Crippen LogP contribution >= 0.6 is 0 Å². The van der Waals surface area contributed by atoms with Crippen LogP contribution in [-0.2, 0) is 0 Å². The van der Waals surface area contributed by atoms with Crippen LogP contribution in [0.25, 0.3) is 0 Å². The highest BCUT2D eigenvalue weighted by Gasteiger charge is 2.29. The van der Waals surface area contributed by atoms with E-state index in [2.05, 4.69) is 5.32 Å². The van der Waals surface area contributed by atoms with Gasteiger partial charge in [-0.15, -0.1) is 0 Å². The van der Waals surface area contributed by atoms with Crippen LogP contribution in [0.3, 0.4) is 0 Å². The van der Waals surface area contributed by atoms with E-state index in [9.17, 15) is 9.90 Å². The zero-order valence-electron chi connectivity index (χ0n) is 13.7. The Morgan fingerprint density at radius 3 is 2.67 bits per heavy atom. The molecule has 3 rings (SSSR count). The van der Waals surface area contributed by atoms with Crippen LogP contribution in [0.5, 0.6) is 11.5 Å².